The minimum absolute atomic E-state index is 0.228. The van der Waals surface area contributed by atoms with Gasteiger partial charge in [-0.2, -0.15) is 0 Å². The summed E-state index contributed by atoms with van der Waals surface area (Å²) < 4.78 is 0. The molecule has 3 rings (SSSR count). The van der Waals surface area contributed by atoms with Gasteiger partial charge in [-0.05, 0) is 24.5 Å². The van der Waals surface area contributed by atoms with E-state index in [1.807, 2.05) is 41.4 Å². The third-order valence-electron chi connectivity index (χ3n) is 3.86. The largest absolute Gasteiger partial charge is 0.368 e. The molecule has 1 aliphatic heterocycles. The molecule has 0 radical (unpaired) electrons. The van der Waals surface area contributed by atoms with Gasteiger partial charge in [0.2, 0.25) is 5.91 Å². The Labute approximate surface area is 124 Å². The molecule has 1 fully saturated rings. The lowest BCUT2D eigenvalue weighted by Gasteiger charge is -2.25. The summed E-state index contributed by atoms with van der Waals surface area (Å²) in [6.07, 6.45) is 1.80. The number of nitrogens with two attached hydrogens (primary N) is 1. The lowest BCUT2D eigenvalue weighted by molar-refractivity contribution is -0.121. The van der Waals surface area contributed by atoms with E-state index in [2.05, 4.69) is 23.6 Å². The Morgan fingerprint density at radius 3 is 2.57 bits per heavy atom. The number of nitrogens with zero attached hydrogens (tertiary/aromatic N) is 1. The van der Waals surface area contributed by atoms with Crippen molar-refractivity contribution < 1.29 is 4.79 Å². The van der Waals surface area contributed by atoms with Crippen molar-refractivity contribution in [3.05, 3.63) is 54.6 Å². The highest BCUT2D eigenvalue weighted by molar-refractivity contribution is 5.81. The Hall–Kier alpha value is -2.33. The quantitative estimate of drug-likeness (QED) is 0.905. The molecule has 0 spiro atoms. The molecular formula is C17H19N3O. The standard InChI is InChI=1S/C17H19N3O/c18-17(21)16-11-6-12-20(16)19-15-10-5-4-9-14(15)13-7-2-1-3-8-13/h1-5,7-10,16,19H,6,11-12H2,(H2,18,21)/t16-/m0/s1. The molecule has 108 valence electrons. The Balaban J connectivity index is 1.88. The summed E-state index contributed by atoms with van der Waals surface area (Å²) in [5.74, 6) is -0.266. The lowest BCUT2D eigenvalue weighted by atomic mass is 10.0. The van der Waals surface area contributed by atoms with Crippen molar-refractivity contribution >= 4 is 11.6 Å². The predicted molar refractivity (Wildman–Crippen MR) is 84.4 cm³/mol. The fourth-order valence-electron chi connectivity index (χ4n) is 2.80. The van der Waals surface area contributed by atoms with Gasteiger partial charge in [-0.1, -0.05) is 48.5 Å². The first-order chi connectivity index (χ1) is 10.3. The van der Waals surface area contributed by atoms with E-state index < -0.39 is 0 Å². The fourth-order valence-corrected chi connectivity index (χ4v) is 2.80. The first-order valence-electron chi connectivity index (χ1n) is 7.23. The minimum Gasteiger partial charge on any atom is -0.368 e. The lowest BCUT2D eigenvalue weighted by Crippen LogP contribution is -2.43. The van der Waals surface area contributed by atoms with Gasteiger partial charge in [-0.25, -0.2) is 5.01 Å². The number of benzene rings is 2. The van der Waals surface area contributed by atoms with Gasteiger partial charge in [0.1, 0.15) is 6.04 Å². The number of nitrogens with one attached hydrogen (secondary N) is 1. The molecule has 3 N–H and O–H groups in total. The van der Waals surface area contributed by atoms with Crippen LogP contribution < -0.4 is 11.2 Å². The van der Waals surface area contributed by atoms with Crippen molar-refractivity contribution in [3.63, 3.8) is 0 Å². The molecule has 2 aromatic carbocycles. The Bertz CT molecular complexity index is 627. The number of hydrogen-bond donors (Lipinski definition) is 2. The van der Waals surface area contributed by atoms with Crippen LogP contribution in [-0.2, 0) is 4.79 Å². The summed E-state index contributed by atoms with van der Waals surface area (Å²) in [6.45, 7) is 0.830. The van der Waals surface area contributed by atoms with Crippen LogP contribution in [0.25, 0.3) is 11.1 Å². The first kappa shape index (κ1) is 13.6. The maximum Gasteiger partial charge on any atom is 0.236 e. The van der Waals surface area contributed by atoms with Crippen molar-refractivity contribution in [2.24, 2.45) is 5.73 Å². The van der Waals surface area contributed by atoms with Gasteiger partial charge in [-0.15, -0.1) is 0 Å². The number of hydrogen-bond acceptors (Lipinski definition) is 3. The monoisotopic (exact) mass is 281 g/mol. The Kier molecular flexibility index (Phi) is 3.88. The third kappa shape index (κ3) is 2.90. The smallest absolute Gasteiger partial charge is 0.236 e. The average Bonchev–Trinajstić information content (AvgIpc) is 2.97. The summed E-state index contributed by atoms with van der Waals surface area (Å²) >= 11 is 0. The molecule has 21 heavy (non-hydrogen) atoms. The molecule has 1 aliphatic rings. The highest BCUT2D eigenvalue weighted by atomic mass is 16.1. The van der Waals surface area contributed by atoms with Crippen LogP contribution in [-0.4, -0.2) is 23.5 Å². The molecule has 4 nitrogen and oxygen atoms in total. The fraction of sp³-hybridized carbons (Fsp3) is 0.235. The third-order valence-corrected chi connectivity index (χ3v) is 3.86. The second kappa shape index (κ2) is 5.97. The molecule has 1 saturated heterocycles. The van der Waals surface area contributed by atoms with Crippen molar-refractivity contribution in [2.75, 3.05) is 12.0 Å². The molecule has 1 atom stereocenters. The van der Waals surface area contributed by atoms with Gasteiger partial charge >= 0.3 is 0 Å². The summed E-state index contributed by atoms with van der Waals surface area (Å²) in [4.78, 5) is 11.5. The zero-order valence-electron chi connectivity index (χ0n) is 11.8. The van der Waals surface area contributed by atoms with E-state index in [0.717, 1.165) is 36.2 Å². The molecule has 1 heterocycles. The number of carbonyl (C=O) groups excluding carboxylic acids is 1. The van der Waals surface area contributed by atoms with Crippen molar-refractivity contribution in [1.82, 2.24) is 5.01 Å². The molecule has 2 aromatic rings. The Morgan fingerprint density at radius 2 is 1.81 bits per heavy atom. The van der Waals surface area contributed by atoms with Crippen LogP contribution in [0.1, 0.15) is 12.8 Å². The van der Waals surface area contributed by atoms with E-state index in [1.165, 1.54) is 0 Å². The first-order valence-corrected chi connectivity index (χ1v) is 7.23. The number of rotatable bonds is 4. The van der Waals surface area contributed by atoms with Crippen LogP contribution in [0.3, 0.4) is 0 Å². The molecule has 0 aliphatic carbocycles. The van der Waals surface area contributed by atoms with Gasteiger partial charge in [-0.3, -0.25) is 4.79 Å². The van der Waals surface area contributed by atoms with E-state index in [1.54, 1.807) is 0 Å². The number of para-hydroxylation sites is 1. The van der Waals surface area contributed by atoms with Crippen molar-refractivity contribution in [2.45, 2.75) is 18.9 Å². The average molecular weight is 281 g/mol. The SMILES string of the molecule is NC(=O)[C@@H]1CCCN1Nc1ccccc1-c1ccccc1. The van der Waals surface area contributed by atoms with Gasteiger partial charge in [0.15, 0.2) is 0 Å². The summed E-state index contributed by atoms with van der Waals surface area (Å²) in [5.41, 5.74) is 12.1. The minimum atomic E-state index is -0.266. The molecule has 1 amide bonds. The van der Waals surface area contributed by atoms with Crippen molar-refractivity contribution in [3.8, 4) is 11.1 Å². The number of anilines is 1. The van der Waals surface area contributed by atoms with E-state index in [-0.39, 0.29) is 11.9 Å². The van der Waals surface area contributed by atoms with Crippen LogP contribution in [0.5, 0.6) is 0 Å². The maximum atomic E-state index is 11.5. The van der Waals surface area contributed by atoms with Gasteiger partial charge in [0.25, 0.3) is 0 Å². The van der Waals surface area contributed by atoms with E-state index in [4.69, 9.17) is 5.73 Å². The van der Waals surface area contributed by atoms with Crippen molar-refractivity contribution in [1.29, 1.82) is 0 Å². The molecule has 0 saturated carbocycles. The molecule has 0 aromatic heterocycles. The van der Waals surface area contributed by atoms with Crippen LogP contribution in [0.2, 0.25) is 0 Å². The highest BCUT2D eigenvalue weighted by Gasteiger charge is 2.29. The Morgan fingerprint density at radius 1 is 1.10 bits per heavy atom. The van der Waals surface area contributed by atoms with Crippen LogP contribution in [0, 0.1) is 0 Å². The number of hydrazine groups is 1. The van der Waals surface area contributed by atoms with Crippen LogP contribution in [0.4, 0.5) is 5.69 Å². The summed E-state index contributed by atoms with van der Waals surface area (Å²) in [6, 6.07) is 18.1. The maximum absolute atomic E-state index is 11.5. The van der Waals surface area contributed by atoms with Gasteiger partial charge in [0.05, 0.1) is 5.69 Å². The molecule has 0 unspecified atom stereocenters. The predicted octanol–water partition coefficient (Wildman–Crippen LogP) is 2.63. The highest BCUT2D eigenvalue weighted by Crippen LogP contribution is 2.29. The summed E-state index contributed by atoms with van der Waals surface area (Å²) in [5, 5.41) is 1.95. The van der Waals surface area contributed by atoms with Gasteiger partial charge < -0.3 is 11.2 Å². The number of primary amides is 1. The second-order valence-electron chi connectivity index (χ2n) is 5.28. The number of amides is 1. The molecular weight excluding hydrogens is 262 g/mol. The van der Waals surface area contributed by atoms with Gasteiger partial charge in [0, 0.05) is 12.1 Å². The molecule has 0 bridgehead atoms. The van der Waals surface area contributed by atoms with Crippen LogP contribution in [0.15, 0.2) is 54.6 Å². The summed E-state index contributed by atoms with van der Waals surface area (Å²) in [7, 11) is 0. The topological polar surface area (TPSA) is 58.4 Å². The van der Waals surface area contributed by atoms with E-state index >= 15 is 0 Å². The number of carbonyl (C=O) groups is 1. The molecule has 4 heteroatoms. The normalized spacial score (nSPS) is 18.6. The second-order valence-corrected chi connectivity index (χ2v) is 5.28. The zero-order chi connectivity index (χ0) is 14.7. The van der Waals surface area contributed by atoms with Crippen LogP contribution >= 0.6 is 0 Å². The van der Waals surface area contributed by atoms with E-state index in [0.29, 0.717) is 0 Å². The van der Waals surface area contributed by atoms with E-state index in [9.17, 15) is 4.79 Å². The zero-order valence-corrected chi connectivity index (χ0v) is 11.8.